The largest absolute Gasteiger partial charge is 0.433 e. The number of anilines is 1. The van der Waals surface area contributed by atoms with Gasteiger partial charge in [0, 0.05) is 16.5 Å². The zero-order valence-corrected chi connectivity index (χ0v) is 18.6. The predicted molar refractivity (Wildman–Crippen MR) is 122 cm³/mol. The monoisotopic (exact) mass is 481 g/mol. The van der Waals surface area contributed by atoms with Crippen molar-refractivity contribution in [3.8, 4) is 17.3 Å². The summed E-state index contributed by atoms with van der Waals surface area (Å²) in [6, 6.07) is 12.8. The van der Waals surface area contributed by atoms with Gasteiger partial charge in [-0.2, -0.15) is 23.5 Å². The third kappa shape index (κ3) is 4.03. The van der Waals surface area contributed by atoms with Gasteiger partial charge in [-0.1, -0.05) is 36.8 Å². The average molecular weight is 482 g/mol. The van der Waals surface area contributed by atoms with E-state index in [2.05, 4.69) is 21.5 Å². The zero-order chi connectivity index (χ0) is 23.9. The van der Waals surface area contributed by atoms with E-state index < -0.39 is 17.8 Å². The number of carbonyl (C=O) groups is 1. The lowest BCUT2D eigenvalue weighted by atomic mass is 10.1. The first-order valence-electron chi connectivity index (χ1n) is 10.7. The molecule has 3 aromatic heterocycles. The minimum absolute atomic E-state index is 0.0960. The first-order valence-corrected chi connectivity index (χ1v) is 11.6. The molecular formula is C24H18F3N5OS. The molecule has 10 heteroatoms. The Balaban J connectivity index is 1.54. The number of amides is 1. The summed E-state index contributed by atoms with van der Waals surface area (Å²) in [7, 11) is 0. The lowest BCUT2D eigenvalue weighted by Gasteiger charge is -2.10. The summed E-state index contributed by atoms with van der Waals surface area (Å²) in [5, 5.41) is 16.7. The fourth-order valence-corrected chi connectivity index (χ4v) is 5.40. The SMILES string of the molecule is N#Cc1c(NC(=O)c2cc3nc(-c4ccccc4)cc(C(F)(F)F)n3n2)sc2c1CCCCC2. The van der Waals surface area contributed by atoms with Crippen molar-refractivity contribution in [2.75, 3.05) is 5.32 Å². The third-order valence-electron chi connectivity index (χ3n) is 5.78. The molecule has 1 aliphatic rings. The third-order valence-corrected chi connectivity index (χ3v) is 6.99. The first kappa shape index (κ1) is 22.1. The molecule has 0 atom stereocenters. The number of aromatic nitrogens is 3. The minimum Gasteiger partial charge on any atom is -0.311 e. The quantitative estimate of drug-likeness (QED) is 0.371. The van der Waals surface area contributed by atoms with E-state index in [9.17, 15) is 23.2 Å². The molecule has 1 amide bonds. The smallest absolute Gasteiger partial charge is 0.311 e. The molecule has 0 bridgehead atoms. The Labute approximate surface area is 196 Å². The van der Waals surface area contributed by atoms with Gasteiger partial charge in [-0.05, 0) is 37.3 Å². The summed E-state index contributed by atoms with van der Waals surface area (Å²) < 4.78 is 42.1. The number of benzene rings is 1. The number of hydrogen-bond donors (Lipinski definition) is 1. The second kappa shape index (κ2) is 8.57. The van der Waals surface area contributed by atoms with Gasteiger partial charge in [0.05, 0.1) is 11.3 Å². The Hall–Kier alpha value is -3.71. The topological polar surface area (TPSA) is 83.1 Å². The fraction of sp³-hybridized carbons (Fsp3) is 0.250. The van der Waals surface area contributed by atoms with Crippen molar-refractivity contribution in [3.63, 3.8) is 0 Å². The highest BCUT2D eigenvalue weighted by Crippen LogP contribution is 2.37. The molecule has 1 N–H and O–H groups in total. The maximum Gasteiger partial charge on any atom is 0.433 e. The molecule has 34 heavy (non-hydrogen) atoms. The van der Waals surface area contributed by atoms with Crippen LogP contribution in [0.5, 0.6) is 0 Å². The summed E-state index contributed by atoms with van der Waals surface area (Å²) in [6.45, 7) is 0. The van der Waals surface area contributed by atoms with Crippen LogP contribution in [0.3, 0.4) is 0 Å². The number of nitrogens with zero attached hydrogens (tertiary/aromatic N) is 4. The van der Waals surface area contributed by atoms with Crippen LogP contribution in [0, 0.1) is 11.3 Å². The van der Waals surface area contributed by atoms with E-state index >= 15 is 0 Å². The Bertz CT molecular complexity index is 1430. The van der Waals surface area contributed by atoms with Gasteiger partial charge in [0.25, 0.3) is 5.91 Å². The number of nitrogens with one attached hydrogen (secondary N) is 1. The highest BCUT2D eigenvalue weighted by Gasteiger charge is 2.36. The molecule has 0 unspecified atom stereocenters. The summed E-state index contributed by atoms with van der Waals surface area (Å²) >= 11 is 1.35. The van der Waals surface area contributed by atoms with Crippen molar-refractivity contribution in [2.45, 2.75) is 38.3 Å². The highest BCUT2D eigenvalue weighted by atomic mass is 32.1. The van der Waals surface area contributed by atoms with Gasteiger partial charge in [-0.25, -0.2) is 9.50 Å². The number of carbonyl (C=O) groups excluding carboxylic acids is 1. The van der Waals surface area contributed by atoms with Gasteiger partial charge in [0.1, 0.15) is 11.1 Å². The molecule has 0 radical (unpaired) electrons. The fourth-order valence-electron chi connectivity index (χ4n) is 4.16. The van der Waals surface area contributed by atoms with Crippen LogP contribution in [0.4, 0.5) is 18.2 Å². The van der Waals surface area contributed by atoms with E-state index in [0.29, 0.717) is 20.6 Å². The molecule has 1 aliphatic carbocycles. The van der Waals surface area contributed by atoms with E-state index in [1.54, 1.807) is 30.3 Å². The first-order chi connectivity index (χ1) is 16.3. The molecule has 6 nitrogen and oxygen atoms in total. The van der Waals surface area contributed by atoms with Crippen LogP contribution in [-0.2, 0) is 19.0 Å². The van der Waals surface area contributed by atoms with Crippen LogP contribution < -0.4 is 5.32 Å². The van der Waals surface area contributed by atoms with Crippen molar-refractivity contribution in [3.05, 3.63) is 69.9 Å². The van der Waals surface area contributed by atoms with E-state index in [0.717, 1.165) is 48.6 Å². The molecule has 4 aromatic rings. The van der Waals surface area contributed by atoms with Crippen LogP contribution in [0.15, 0.2) is 42.5 Å². The second-order valence-electron chi connectivity index (χ2n) is 8.02. The maximum atomic E-state index is 13.8. The number of alkyl halides is 3. The second-order valence-corrected chi connectivity index (χ2v) is 9.13. The molecular weight excluding hydrogens is 463 g/mol. The van der Waals surface area contributed by atoms with Crippen LogP contribution in [0.25, 0.3) is 16.9 Å². The normalized spacial score (nSPS) is 13.8. The Morgan fingerprint density at radius 3 is 2.62 bits per heavy atom. The van der Waals surface area contributed by atoms with Gasteiger partial charge in [0.15, 0.2) is 17.0 Å². The van der Waals surface area contributed by atoms with E-state index in [1.807, 2.05) is 0 Å². The summed E-state index contributed by atoms with van der Waals surface area (Å²) in [4.78, 5) is 18.3. The van der Waals surface area contributed by atoms with E-state index in [4.69, 9.17) is 0 Å². The number of nitriles is 1. The van der Waals surface area contributed by atoms with Crippen LogP contribution in [0.1, 0.15) is 51.4 Å². The molecule has 0 fully saturated rings. The molecule has 1 aromatic carbocycles. The molecule has 0 saturated carbocycles. The number of hydrogen-bond acceptors (Lipinski definition) is 5. The average Bonchev–Trinajstić information content (AvgIpc) is 3.31. The molecule has 0 aliphatic heterocycles. The van der Waals surface area contributed by atoms with Crippen molar-refractivity contribution >= 4 is 27.9 Å². The van der Waals surface area contributed by atoms with Crippen molar-refractivity contribution < 1.29 is 18.0 Å². The Kier molecular flexibility index (Phi) is 5.57. The van der Waals surface area contributed by atoms with Crippen LogP contribution in [0.2, 0.25) is 0 Å². The van der Waals surface area contributed by atoms with Crippen LogP contribution >= 0.6 is 11.3 Å². The molecule has 172 valence electrons. The zero-order valence-electron chi connectivity index (χ0n) is 17.8. The Morgan fingerprint density at radius 1 is 1.12 bits per heavy atom. The Morgan fingerprint density at radius 2 is 1.88 bits per heavy atom. The number of aryl methyl sites for hydroxylation is 1. The van der Waals surface area contributed by atoms with Crippen LogP contribution in [-0.4, -0.2) is 20.5 Å². The minimum atomic E-state index is -4.70. The lowest BCUT2D eigenvalue weighted by Crippen LogP contribution is -2.15. The van der Waals surface area contributed by atoms with Gasteiger partial charge in [-0.3, -0.25) is 4.79 Å². The maximum absolute atomic E-state index is 13.8. The standard InChI is InChI=1S/C24H18F3N5OS/c25-24(26,27)20-11-17(14-7-3-1-4-8-14)29-21-12-18(31-32(20)21)22(33)30-23-16(13-28)15-9-5-2-6-10-19(15)34-23/h1,3-4,7-8,11-12H,2,5-6,9-10H2,(H,30,33). The predicted octanol–water partition coefficient (Wildman–Crippen LogP) is 5.87. The van der Waals surface area contributed by atoms with Crippen molar-refractivity contribution in [1.82, 2.24) is 14.6 Å². The summed E-state index contributed by atoms with van der Waals surface area (Å²) in [5.41, 5.74) is 0.693. The molecule has 0 saturated heterocycles. The lowest BCUT2D eigenvalue weighted by molar-refractivity contribution is -0.142. The molecule has 0 spiro atoms. The highest BCUT2D eigenvalue weighted by molar-refractivity contribution is 7.16. The summed E-state index contributed by atoms with van der Waals surface area (Å²) in [5.74, 6) is -0.687. The van der Waals surface area contributed by atoms with Crippen molar-refractivity contribution in [1.29, 1.82) is 5.26 Å². The van der Waals surface area contributed by atoms with Crippen molar-refractivity contribution in [2.24, 2.45) is 0 Å². The van der Waals surface area contributed by atoms with E-state index in [-0.39, 0.29) is 17.0 Å². The number of rotatable bonds is 3. The molecule has 5 rings (SSSR count). The summed E-state index contributed by atoms with van der Waals surface area (Å²) in [6.07, 6.45) is 0.0142. The number of fused-ring (bicyclic) bond motifs is 2. The number of thiophene rings is 1. The number of halogens is 3. The van der Waals surface area contributed by atoms with Gasteiger partial charge >= 0.3 is 6.18 Å². The van der Waals surface area contributed by atoms with Gasteiger partial charge in [-0.15, -0.1) is 11.3 Å². The van der Waals surface area contributed by atoms with Gasteiger partial charge in [0.2, 0.25) is 0 Å². The van der Waals surface area contributed by atoms with Gasteiger partial charge < -0.3 is 5.32 Å². The molecule has 3 heterocycles. The van der Waals surface area contributed by atoms with E-state index in [1.165, 1.54) is 17.4 Å².